The molecule has 1 aliphatic carbocycles. The Balaban J connectivity index is 1.60. The van der Waals surface area contributed by atoms with Gasteiger partial charge in [-0.2, -0.15) is 0 Å². The predicted octanol–water partition coefficient (Wildman–Crippen LogP) is 2.15. The van der Waals surface area contributed by atoms with Crippen molar-refractivity contribution in [2.24, 2.45) is 11.3 Å². The summed E-state index contributed by atoms with van der Waals surface area (Å²) >= 11 is 0. The first-order valence-corrected chi connectivity index (χ1v) is 9.63. The highest BCUT2D eigenvalue weighted by Gasteiger charge is 2.37. The van der Waals surface area contributed by atoms with Crippen molar-refractivity contribution < 1.29 is 9.59 Å². The van der Waals surface area contributed by atoms with Crippen molar-refractivity contribution in [1.29, 1.82) is 0 Å². The molecule has 2 atom stereocenters. The van der Waals surface area contributed by atoms with Crippen LogP contribution in [0.2, 0.25) is 0 Å². The van der Waals surface area contributed by atoms with Crippen LogP contribution in [0.25, 0.3) is 11.4 Å². The molecule has 3 heterocycles. The van der Waals surface area contributed by atoms with E-state index < -0.39 is 0 Å². The lowest BCUT2D eigenvalue weighted by atomic mass is 9.74. The van der Waals surface area contributed by atoms with Crippen LogP contribution in [0.1, 0.15) is 44.0 Å². The summed E-state index contributed by atoms with van der Waals surface area (Å²) in [5.41, 5.74) is 2.89. The van der Waals surface area contributed by atoms with E-state index >= 15 is 0 Å². The third-order valence-corrected chi connectivity index (χ3v) is 5.64. The fourth-order valence-electron chi connectivity index (χ4n) is 4.14. The lowest BCUT2D eigenvalue weighted by Crippen LogP contribution is -2.40. The molecule has 0 unspecified atom stereocenters. The van der Waals surface area contributed by atoms with Gasteiger partial charge in [0.05, 0.1) is 17.7 Å². The standard InChI is InChI=1S/C21H25N5O2/c1-21(2)9-16-15(11-23-19(24-16)13-4-6-22-7-5-13)17(10-21)25-20(28)14-8-18(27)26(3)12-14/h4-7,11,14,17H,8-10,12H2,1-3H3,(H,25,28)/t14-,17+/m0/s1. The number of aromatic nitrogens is 3. The number of fused-ring (bicyclic) bond motifs is 1. The van der Waals surface area contributed by atoms with Crippen LogP contribution in [0, 0.1) is 11.3 Å². The van der Waals surface area contributed by atoms with Gasteiger partial charge in [-0.1, -0.05) is 13.8 Å². The normalized spacial score (nSPS) is 23.4. The van der Waals surface area contributed by atoms with Crippen molar-refractivity contribution in [3.63, 3.8) is 0 Å². The van der Waals surface area contributed by atoms with Crippen LogP contribution in [-0.2, 0) is 16.0 Å². The summed E-state index contributed by atoms with van der Waals surface area (Å²) in [5, 5.41) is 3.17. The summed E-state index contributed by atoms with van der Waals surface area (Å²) in [6.07, 6.45) is 7.23. The van der Waals surface area contributed by atoms with Crippen molar-refractivity contribution >= 4 is 11.8 Å². The van der Waals surface area contributed by atoms with E-state index in [1.54, 1.807) is 24.3 Å². The van der Waals surface area contributed by atoms with Crippen LogP contribution in [0.15, 0.2) is 30.7 Å². The first-order valence-electron chi connectivity index (χ1n) is 9.63. The predicted molar refractivity (Wildman–Crippen MR) is 104 cm³/mol. The van der Waals surface area contributed by atoms with Crippen molar-refractivity contribution in [2.75, 3.05) is 13.6 Å². The molecule has 7 nitrogen and oxygen atoms in total. The maximum Gasteiger partial charge on any atom is 0.225 e. The summed E-state index contributed by atoms with van der Waals surface area (Å²) in [6.45, 7) is 4.86. The minimum Gasteiger partial charge on any atom is -0.349 e. The minimum absolute atomic E-state index is 0.0110. The Hall–Kier alpha value is -2.83. The highest BCUT2D eigenvalue weighted by Crippen LogP contribution is 2.40. The van der Waals surface area contributed by atoms with E-state index in [0.29, 0.717) is 12.4 Å². The van der Waals surface area contributed by atoms with Crippen molar-refractivity contribution in [2.45, 2.75) is 39.2 Å². The zero-order chi connectivity index (χ0) is 19.9. The summed E-state index contributed by atoms with van der Waals surface area (Å²) in [5.74, 6) is 0.342. The molecule has 2 aromatic rings. The number of carbonyl (C=O) groups excluding carboxylic acids is 2. The largest absolute Gasteiger partial charge is 0.349 e. The molecule has 28 heavy (non-hydrogen) atoms. The monoisotopic (exact) mass is 379 g/mol. The minimum atomic E-state index is -0.289. The summed E-state index contributed by atoms with van der Waals surface area (Å²) in [7, 11) is 1.74. The number of rotatable bonds is 3. The lowest BCUT2D eigenvalue weighted by Gasteiger charge is -2.37. The molecule has 1 fully saturated rings. The number of amides is 2. The SMILES string of the molecule is CN1C[C@@H](C(=O)N[C@@H]2CC(C)(C)Cc3nc(-c4ccncc4)ncc32)CC1=O. The van der Waals surface area contributed by atoms with Crippen LogP contribution < -0.4 is 5.32 Å². The second kappa shape index (κ2) is 6.96. The summed E-state index contributed by atoms with van der Waals surface area (Å²) in [6, 6.07) is 3.64. The van der Waals surface area contributed by atoms with E-state index in [4.69, 9.17) is 4.98 Å². The van der Waals surface area contributed by atoms with Crippen molar-refractivity contribution in [3.05, 3.63) is 42.0 Å². The topological polar surface area (TPSA) is 88.1 Å². The van der Waals surface area contributed by atoms with Gasteiger partial charge in [-0.3, -0.25) is 14.6 Å². The van der Waals surface area contributed by atoms with E-state index in [9.17, 15) is 9.59 Å². The number of carbonyl (C=O) groups is 2. The van der Waals surface area contributed by atoms with E-state index in [1.807, 2.05) is 18.3 Å². The molecule has 0 saturated carbocycles. The Kier molecular flexibility index (Phi) is 4.61. The van der Waals surface area contributed by atoms with Crippen LogP contribution in [-0.4, -0.2) is 45.3 Å². The lowest BCUT2D eigenvalue weighted by molar-refractivity contribution is -0.128. The summed E-state index contributed by atoms with van der Waals surface area (Å²) < 4.78 is 0. The highest BCUT2D eigenvalue weighted by atomic mass is 16.2. The molecular weight excluding hydrogens is 354 g/mol. The average Bonchev–Trinajstić information content (AvgIpc) is 3.00. The molecule has 0 aromatic carbocycles. The number of pyridine rings is 1. The highest BCUT2D eigenvalue weighted by molar-refractivity contribution is 5.89. The Bertz CT molecular complexity index is 912. The third-order valence-electron chi connectivity index (χ3n) is 5.64. The maximum atomic E-state index is 12.8. The van der Waals surface area contributed by atoms with Gasteiger partial charge in [-0.25, -0.2) is 9.97 Å². The third kappa shape index (κ3) is 3.61. The molecule has 0 bridgehead atoms. The average molecular weight is 379 g/mol. The quantitative estimate of drug-likeness (QED) is 0.883. The van der Waals surface area contributed by atoms with Crippen LogP contribution in [0.5, 0.6) is 0 Å². The molecule has 0 radical (unpaired) electrons. The molecule has 1 aliphatic heterocycles. The zero-order valence-corrected chi connectivity index (χ0v) is 16.5. The smallest absolute Gasteiger partial charge is 0.225 e. The molecule has 2 amide bonds. The van der Waals surface area contributed by atoms with Crippen LogP contribution in [0.4, 0.5) is 0 Å². The molecular formula is C21H25N5O2. The first-order chi connectivity index (χ1) is 13.3. The summed E-state index contributed by atoms with van der Waals surface area (Å²) in [4.78, 5) is 39.6. The molecule has 1 saturated heterocycles. The van der Waals surface area contributed by atoms with Crippen LogP contribution >= 0.6 is 0 Å². The van der Waals surface area contributed by atoms with Gasteiger partial charge < -0.3 is 10.2 Å². The van der Waals surface area contributed by atoms with Gasteiger partial charge in [0.2, 0.25) is 11.8 Å². The Morgan fingerprint density at radius 1 is 1.29 bits per heavy atom. The Morgan fingerprint density at radius 3 is 2.71 bits per heavy atom. The number of hydrogen-bond donors (Lipinski definition) is 1. The Morgan fingerprint density at radius 2 is 2.04 bits per heavy atom. The number of nitrogens with one attached hydrogen (secondary N) is 1. The van der Waals surface area contributed by atoms with Gasteiger partial charge in [0.15, 0.2) is 5.82 Å². The van der Waals surface area contributed by atoms with Crippen molar-refractivity contribution in [1.82, 2.24) is 25.2 Å². The van der Waals surface area contributed by atoms with Gasteiger partial charge in [0, 0.05) is 49.7 Å². The van der Waals surface area contributed by atoms with Gasteiger partial charge in [0.25, 0.3) is 0 Å². The van der Waals surface area contributed by atoms with Gasteiger partial charge >= 0.3 is 0 Å². The first kappa shape index (κ1) is 18.5. The maximum absolute atomic E-state index is 12.8. The number of hydrogen-bond acceptors (Lipinski definition) is 5. The van der Waals surface area contributed by atoms with Gasteiger partial charge in [-0.15, -0.1) is 0 Å². The fraction of sp³-hybridized carbons (Fsp3) is 0.476. The van der Waals surface area contributed by atoms with E-state index in [2.05, 4.69) is 29.1 Å². The fourth-order valence-corrected chi connectivity index (χ4v) is 4.14. The van der Waals surface area contributed by atoms with Gasteiger partial charge in [-0.05, 0) is 30.4 Å². The molecule has 2 aromatic heterocycles. The second-order valence-corrected chi connectivity index (χ2v) is 8.61. The molecule has 4 rings (SSSR count). The number of nitrogens with zero attached hydrogens (tertiary/aromatic N) is 4. The van der Waals surface area contributed by atoms with Gasteiger partial charge in [0.1, 0.15) is 0 Å². The molecule has 0 spiro atoms. The second-order valence-electron chi connectivity index (χ2n) is 8.61. The van der Waals surface area contributed by atoms with E-state index in [0.717, 1.165) is 29.7 Å². The van der Waals surface area contributed by atoms with E-state index in [1.165, 1.54) is 0 Å². The van der Waals surface area contributed by atoms with Crippen molar-refractivity contribution in [3.8, 4) is 11.4 Å². The van der Waals surface area contributed by atoms with E-state index in [-0.39, 0.29) is 35.6 Å². The van der Waals surface area contributed by atoms with Crippen LogP contribution in [0.3, 0.4) is 0 Å². The molecule has 7 heteroatoms. The molecule has 1 N–H and O–H groups in total. The molecule has 146 valence electrons. The number of likely N-dealkylation sites (tertiary alicyclic amines) is 1. The molecule has 2 aliphatic rings. The zero-order valence-electron chi connectivity index (χ0n) is 16.5. The Labute approximate surface area is 164 Å².